The van der Waals surface area contributed by atoms with Crippen LogP contribution < -0.4 is 5.73 Å². The van der Waals surface area contributed by atoms with Crippen LogP contribution in [0.1, 0.15) is 10.6 Å². The van der Waals surface area contributed by atoms with Crippen molar-refractivity contribution in [3.63, 3.8) is 0 Å². The van der Waals surface area contributed by atoms with Crippen LogP contribution >= 0.6 is 0 Å². The lowest BCUT2D eigenvalue weighted by molar-refractivity contribution is 0.0988. The molecule has 2 N–H and O–H groups in total. The number of carbonyl (C=O) groups is 1. The lowest BCUT2D eigenvalue weighted by Crippen LogP contribution is -2.18. The zero-order valence-electron chi connectivity index (χ0n) is 14.2. The number of nitrogens with two attached hydrogens (primary N) is 1. The van der Waals surface area contributed by atoms with Gasteiger partial charge in [-0.25, -0.2) is 14.1 Å². The Balaban J connectivity index is 2.05. The zero-order chi connectivity index (χ0) is 18.8. The third-order valence-electron chi connectivity index (χ3n) is 4.24. The van der Waals surface area contributed by atoms with E-state index >= 15 is 0 Å². The number of amides is 1. The highest BCUT2D eigenvalue weighted by Gasteiger charge is 2.19. The van der Waals surface area contributed by atoms with Gasteiger partial charge in [0.15, 0.2) is 0 Å². The molecule has 0 aliphatic rings. The molecule has 132 valence electrons. The van der Waals surface area contributed by atoms with E-state index in [0.717, 1.165) is 16.7 Å². The number of carbonyl (C=O) groups excluding carboxylic acids is 1. The fraction of sp³-hybridized carbons (Fsp3) is 0. The van der Waals surface area contributed by atoms with Gasteiger partial charge in [-0.05, 0) is 34.9 Å². The van der Waals surface area contributed by atoms with Crippen LogP contribution in [0.25, 0.3) is 27.9 Å². The van der Waals surface area contributed by atoms with Crippen molar-refractivity contribution in [2.45, 2.75) is 0 Å². The molecule has 0 aliphatic heterocycles. The summed E-state index contributed by atoms with van der Waals surface area (Å²) in [5.41, 5.74) is 9.26. The Labute approximate surface area is 154 Å². The predicted octanol–water partition coefficient (Wildman–Crippen LogP) is 3.84. The fourth-order valence-electron chi connectivity index (χ4n) is 3.11. The van der Waals surface area contributed by atoms with Gasteiger partial charge in [0.25, 0.3) is 5.91 Å². The van der Waals surface area contributed by atoms with Crippen LogP contribution in [0.3, 0.4) is 0 Å². The Morgan fingerprint density at radius 3 is 2.41 bits per heavy atom. The monoisotopic (exact) mass is 358 g/mol. The van der Waals surface area contributed by atoms with Crippen molar-refractivity contribution in [2.24, 2.45) is 5.73 Å². The molecule has 0 unspecified atom stereocenters. The molecule has 1 aromatic heterocycles. The van der Waals surface area contributed by atoms with Crippen LogP contribution in [0.2, 0.25) is 0 Å². The van der Waals surface area contributed by atoms with Crippen LogP contribution in [0.5, 0.6) is 0 Å². The van der Waals surface area contributed by atoms with Crippen LogP contribution in [0, 0.1) is 5.82 Å². The average Bonchev–Trinajstić information content (AvgIpc) is 3.18. The predicted molar refractivity (Wildman–Crippen MR) is 101 cm³/mol. The minimum absolute atomic E-state index is 0.0119. The summed E-state index contributed by atoms with van der Waals surface area (Å²) in [4.78, 5) is 15.7. The second kappa shape index (κ2) is 6.84. The van der Waals surface area contributed by atoms with Crippen molar-refractivity contribution in [1.82, 2.24) is 14.8 Å². The van der Waals surface area contributed by atoms with E-state index in [9.17, 15) is 9.18 Å². The molecule has 5 nitrogen and oxygen atoms in total. The molecule has 0 radical (unpaired) electrons. The summed E-state index contributed by atoms with van der Waals surface area (Å²) in [6.45, 7) is 0. The minimum Gasteiger partial charge on any atom is -0.363 e. The standard InChI is InChI=1S/C21H15FN4O/c22-16-9-4-8-15(12-16)19-17(14-6-2-1-3-7-14)10-5-11-18(19)26-21(20(23)27)24-13-25-26/h1-13H,(H2,23,27). The molecule has 6 heteroatoms. The first-order valence-electron chi connectivity index (χ1n) is 8.30. The molecule has 0 spiro atoms. The van der Waals surface area contributed by atoms with Gasteiger partial charge in [0.2, 0.25) is 5.82 Å². The smallest absolute Gasteiger partial charge is 0.286 e. The molecular weight excluding hydrogens is 343 g/mol. The highest BCUT2D eigenvalue weighted by Crippen LogP contribution is 2.37. The Kier molecular flexibility index (Phi) is 4.22. The summed E-state index contributed by atoms with van der Waals surface area (Å²) in [7, 11) is 0. The van der Waals surface area contributed by atoms with E-state index < -0.39 is 5.91 Å². The van der Waals surface area contributed by atoms with Gasteiger partial charge in [0, 0.05) is 5.56 Å². The van der Waals surface area contributed by atoms with E-state index in [0.29, 0.717) is 11.3 Å². The summed E-state index contributed by atoms with van der Waals surface area (Å²) in [5.74, 6) is -1.03. The van der Waals surface area contributed by atoms with E-state index in [1.165, 1.54) is 23.1 Å². The van der Waals surface area contributed by atoms with Gasteiger partial charge < -0.3 is 5.73 Å². The second-order valence-electron chi connectivity index (χ2n) is 5.94. The highest BCUT2D eigenvalue weighted by molar-refractivity contribution is 5.92. The van der Waals surface area contributed by atoms with Gasteiger partial charge >= 0.3 is 0 Å². The first-order valence-corrected chi connectivity index (χ1v) is 8.30. The molecule has 0 aliphatic carbocycles. The number of benzene rings is 3. The molecule has 0 fully saturated rings. The maximum absolute atomic E-state index is 14.0. The van der Waals surface area contributed by atoms with Gasteiger partial charge in [-0.3, -0.25) is 4.79 Å². The summed E-state index contributed by atoms with van der Waals surface area (Å²) < 4.78 is 15.3. The number of primary amides is 1. The summed E-state index contributed by atoms with van der Waals surface area (Å²) in [6, 6.07) is 21.6. The van der Waals surface area contributed by atoms with Crippen LogP contribution in [-0.2, 0) is 0 Å². The molecule has 0 bridgehead atoms. The zero-order valence-corrected chi connectivity index (χ0v) is 14.2. The fourth-order valence-corrected chi connectivity index (χ4v) is 3.11. The van der Waals surface area contributed by atoms with Crippen molar-refractivity contribution >= 4 is 5.91 Å². The van der Waals surface area contributed by atoms with Crippen molar-refractivity contribution in [1.29, 1.82) is 0 Å². The van der Waals surface area contributed by atoms with E-state index in [-0.39, 0.29) is 11.6 Å². The second-order valence-corrected chi connectivity index (χ2v) is 5.94. The molecule has 0 atom stereocenters. The van der Waals surface area contributed by atoms with E-state index in [1.54, 1.807) is 12.1 Å². The van der Waals surface area contributed by atoms with Crippen LogP contribution in [0.15, 0.2) is 79.1 Å². The Morgan fingerprint density at radius 1 is 0.926 bits per heavy atom. The molecule has 4 aromatic rings. The SMILES string of the molecule is NC(=O)c1ncnn1-c1cccc(-c2ccccc2)c1-c1cccc(F)c1. The normalized spacial score (nSPS) is 10.7. The molecule has 4 rings (SSSR count). The van der Waals surface area contributed by atoms with E-state index in [2.05, 4.69) is 10.1 Å². The molecule has 27 heavy (non-hydrogen) atoms. The summed E-state index contributed by atoms with van der Waals surface area (Å²) in [5, 5.41) is 4.16. The number of hydrogen-bond donors (Lipinski definition) is 1. The number of aromatic nitrogens is 3. The third-order valence-corrected chi connectivity index (χ3v) is 4.24. The van der Waals surface area contributed by atoms with Crippen LogP contribution in [-0.4, -0.2) is 20.7 Å². The van der Waals surface area contributed by atoms with Gasteiger partial charge in [-0.1, -0.05) is 54.6 Å². The molecular formula is C21H15FN4O. The molecule has 3 aromatic carbocycles. The highest BCUT2D eigenvalue weighted by atomic mass is 19.1. The quantitative estimate of drug-likeness (QED) is 0.602. The van der Waals surface area contributed by atoms with E-state index in [4.69, 9.17) is 5.73 Å². The topological polar surface area (TPSA) is 73.8 Å². The average molecular weight is 358 g/mol. The Hall–Kier alpha value is -3.80. The molecule has 0 saturated heterocycles. The number of nitrogens with zero attached hydrogens (tertiary/aromatic N) is 3. The van der Waals surface area contributed by atoms with Crippen molar-refractivity contribution in [3.05, 3.63) is 90.8 Å². The first kappa shape index (κ1) is 16.7. The minimum atomic E-state index is -0.692. The number of halogens is 1. The summed E-state index contributed by atoms with van der Waals surface area (Å²) in [6.07, 6.45) is 1.27. The van der Waals surface area contributed by atoms with E-state index in [1.807, 2.05) is 48.5 Å². The molecule has 1 amide bonds. The Bertz CT molecular complexity index is 1120. The third kappa shape index (κ3) is 3.08. The largest absolute Gasteiger partial charge is 0.363 e. The van der Waals surface area contributed by atoms with Gasteiger partial charge in [0.1, 0.15) is 12.1 Å². The number of rotatable bonds is 4. The maximum Gasteiger partial charge on any atom is 0.286 e. The Morgan fingerprint density at radius 2 is 1.67 bits per heavy atom. The maximum atomic E-state index is 14.0. The van der Waals surface area contributed by atoms with Gasteiger partial charge in [0.05, 0.1) is 5.69 Å². The van der Waals surface area contributed by atoms with Crippen LogP contribution in [0.4, 0.5) is 4.39 Å². The molecule has 1 heterocycles. The lowest BCUT2D eigenvalue weighted by Gasteiger charge is -2.16. The van der Waals surface area contributed by atoms with Gasteiger partial charge in [-0.15, -0.1) is 0 Å². The summed E-state index contributed by atoms with van der Waals surface area (Å²) >= 11 is 0. The lowest BCUT2D eigenvalue weighted by atomic mass is 9.93. The van der Waals surface area contributed by atoms with Crippen molar-refractivity contribution < 1.29 is 9.18 Å². The number of hydrogen-bond acceptors (Lipinski definition) is 3. The van der Waals surface area contributed by atoms with Crippen molar-refractivity contribution in [2.75, 3.05) is 0 Å². The molecule has 0 saturated carbocycles. The van der Waals surface area contributed by atoms with Gasteiger partial charge in [-0.2, -0.15) is 5.10 Å². The first-order chi connectivity index (χ1) is 13.1. The van der Waals surface area contributed by atoms with Crippen molar-refractivity contribution in [3.8, 4) is 27.9 Å².